The molecule has 2 aromatic rings. The normalized spacial score (nSPS) is 20.9. The molecule has 0 radical (unpaired) electrons. The maximum atomic E-state index is 12.9. The number of carbonyl (C=O) groups excluding carboxylic acids is 2. The molecule has 3 heterocycles. The SMILES string of the molecule is Cc1noc2c1-c1ccc(CNC(=O)[C@@H]3C[C@@H](O)CN3C(=O)[C@@H](N)C(C)(C)C)cc1OC2. The summed E-state index contributed by atoms with van der Waals surface area (Å²) in [6, 6.07) is 4.21. The number of likely N-dealkylation sites (tertiary alicyclic amines) is 1. The summed E-state index contributed by atoms with van der Waals surface area (Å²) >= 11 is 0. The van der Waals surface area contributed by atoms with Crippen LogP contribution in [0.25, 0.3) is 11.1 Å². The second kappa shape index (κ2) is 8.22. The molecular formula is C23H30N4O5. The molecule has 4 N–H and O–H groups in total. The van der Waals surface area contributed by atoms with E-state index in [9.17, 15) is 14.7 Å². The minimum Gasteiger partial charge on any atom is -0.485 e. The Bertz CT molecular complexity index is 1040. The van der Waals surface area contributed by atoms with Crippen LogP contribution in [0, 0.1) is 12.3 Å². The number of nitrogens with two attached hydrogens (primary N) is 1. The van der Waals surface area contributed by atoms with E-state index in [1.54, 1.807) is 0 Å². The fourth-order valence-corrected chi connectivity index (χ4v) is 4.17. The highest BCUT2D eigenvalue weighted by molar-refractivity contribution is 5.90. The number of amides is 2. The predicted molar refractivity (Wildman–Crippen MR) is 116 cm³/mol. The third-order valence-corrected chi connectivity index (χ3v) is 6.14. The minimum absolute atomic E-state index is 0.105. The predicted octanol–water partition coefficient (Wildman–Crippen LogP) is 1.49. The Balaban J connectivity index is 1.44. The lowest BCUT2D eigenvalue weighted by Gasteiger charge is -2.32. The highest BCUT2D eigenvalue weighted by atomic mass is 16.5. The van der Waals surface area contributed by atoms with Gasteiger partial charge in [0.25, 0.3) is 0 Å². The number of carbonyl (C=O) groups is 2. The average molecular weight is 443 g/mol. The number of β-amino-alcohol motifs (C(OH)–C–C–N with tert-alkyl or cyclic N) is 1. The van der Waals surface area contributed by atoms with E-state index in [0.29, 0.717) is 18.1 Å². The lowest BCUT2D eigenvalue weighted by atomic mass is 9.86. The Morgan fingerprint density at radius 3 is 2.84 bits per heavy atom. The number of aliphatic hydroxyl groups is 1. The average Bonchev–Trinajstić information content (AvgIpc) is 3.33. The van der Waals surface area contributed by atoms with Crippen LogP contribution in [-0.4, -0.2) is 51.7 Å². The van der Waals surface area contributed by atoms with Gasteiger partial charge in [-0.05, 0) is 24.0 Å². The van der Waals surface area contributed by atoms with Gasteiger partial charge in [0.05, 0.1) is 23.4 Å². The van der Waals surface area contributed by atoms with Crippen LogP contribution in [0.15, 0.2) is 22.7 Å². The minimum atomic E-state index is -0.758. The number of aliphatic hydroxyl groups excluding tert-OH is 1. The molecule has 0 aliphatic carbocycles. The second-order valence-corrected chi connectivity index (χ2v) is 9.64. The summed E-state index contributed by atoms with van der Waals surface area (Å²) in [7, 11) is 0. The summed E-state index contributed by atoms with van der Waals surface area (Å²) in [5, 5.41) is 17.0. The van der Waals surface area contributed by atoms with Gasteiger partial charge in [-0.1, -0.05) is 38.1 Å². The molecule has 2 aliphatic rings. The Kier molecular flexibility index (Phi) is 5.72. The Hall–Kier alpha value is -2.91. The van der Waals surface area contributed by atoms with Gasteiger partial charge < -0.3 is 30.3 Å². The highest BCUT2D eigenvalue weighted by Crippen LogP contribution is 2.39. The zero-order chi connectivity index (χ0) is 23.2. The first-order chi connectivity index (χ1) is 15.1. The summed E-state index contributed by atoms with van der Waals surface area (Å²) in [4.78, 5) is 27.2. The van der Waals surface area contributed by atoms with Crippen molar-refractivity contribution in [3.63, 3.8) is 0 Å². The lowest BCUT2D eigenvalue weighted by molar-refractivity contribution is -0.141. The van der Waals surface area contributed by atoms with Crippen LogP contribution in [-0.2, 0) is 22.7 Å². The van der Waals surface area contributed by atoms with E-state index >= 15 is 0 Å². The van der Waals surface area contributed by atoms with E-state index in [0.717, 1.165) is 22.4 Å². The van der Waals surface area contributed by atoms with Crippen LogP contribution >= 0.6 is 0 Å². The molecule has 2 amide bonds. The summed E-state index contributed by atoms with van der Waals surface area (Å²) in [5.41, 5.74) is 9.20. The summed E-state index contributed by atoms with van der Waals surface area (Å²) < 4.78 is 11.1. The van der Waals surface area contributed by atoms with E-state index in [4.69, 9.17) is 15.0 Å². The van der Waals surface area contributed by atoms with Gasteiger partial charge >= 0.3 is 0 Å². The van der Waals surface area contributed by atoms with Crippen molar-refractivity contribution >= 4 is 11.8 Å². The maximum Gasteiger partial charge on any atom is 0.243 e. The van der Waals surface area contributed by atoms with Crippen molar-refractivity contribution in [3.05, 3.63) is 35.2 Å². The Morgan fingerprint density at radius 2 is 2.12 bits per heavy atom. The number of nitrogens with one attached hydrogen (secondary N) is 1. The fraction of sp³-hybridized carbons (Fsp3) is 0.522. The van der Waals surface area contributed by atoms with Gasteiger partial charge in [0, 0.05) is 25.1 Å². The number of aromatic nitrogens is 1. The smallest absolute Gasteiger partial charge is 0.243 e. The van der Waals surface area contributed by atoms with Crippen molar-refractivity contribution in [2.45, 2.75) is 65.5 Å². The molecule has 32 heavy (non-hydrogen) atoms. The third-order valence-electron chi connectivity index (χ3n) is 6.14. The van der Waals surface area contributed by atoms with Crippen LogP contribution in [0.2, 0.25) is 0 Å². The molecule has 0 spiro atoms. The summed E-state index contributed by atoms with van der Waals surface area (Å²) in [6.07, 6.45) is -0.558. The van der Waals surface area contributed by atoms with E-state index in [1.165, 1.54) is 4.90 Å². The highest BCUT2D eigenvalue weighted by Gasteiger charge is 2.42. The van der Waals surface area contributed by atoms with Crippen LogP contribution in [0.3, 0.4) is 0 Å². The van der Waals surface area contributed by atoms with Gasteiger partial charge in [-0.25, -0.2) is 0 Å². The van der Waals surface area contributed by atoms with Gasteiger partial charge in [0.2, 0.25) is 11.8 Å². The van der Waals surface area contributed by atoms with Gasteiger partial charge in [-0.15, -0.1) is 0 Å². The van der Waals surface area contributed by atoms with E-state index in [2.05, 4.69) is 10.5 Å². The molecular weight excluding hydrogens is 412 g/mol. The number of hydrogen-bond acceptors (Lipinski definition) is 7. The Labute approximate surface area is 186 Å². The van der Waals surface area contributed by atoms with Crippen LogP contribution in [0.5, 0.6) is 5.75 Å². The molecule has 0 unspecified atom stereocenters. The summed E-state index contributed by atoms with van der Waals surface area (Å²) in [5.74, 6) is 0.775. The number of aryl methyl sites for hydroxylation is 1. The maximum absolute atomic E-state index is 12.9. The summed E-state index contributed by atoms with van der Waals surface area (Å²) in [6.45, 7) is 8.20. The van der Waals surface area contributed by atoms with Crippen molar-refractivity contribution < 1.29 is 24.0 Å². The van der Waals surface area contributed by atoms with Crippen LogP contribution < -0.4 is 15.8 Å². The topological polar surface area (TPSA) is 131 Å². The Morgan fingerprint density at radius 1 is 1.38 bits per heavy atom. The zero-order valence-corrected chi connectivity index (χ0v) is 18.8. The molecule has 9 heteroatoms. The fourth-order valence-electron chi connectivity index (χ4n) is 4.17. The van der Waals surface area contributed by atoms with E-state index in [1.807, 2.05) is 45.9 Å². The molecule has 3 atom stereocenters. The number of benzene rings is 1. The quantitative estimate of drug-likeness (QED) is 0.654. The largest absolute Gasteiger partial charge is 0.485 e. The van der Waals surface area contributed by atoms with E-state index < -0.39 is 23.6 Å². The van der Waals surface area contributed by atoms with Gasteiger partial charge in [0.1, 0.15) is 18.4 Å². The molecule has 1 aromatic carbocycles. The van der Waals surface area contributed by atoms with Crippen LogP contribution in [0.1, 0.15) is 44.2 Å². The molecule has 0 saturated carbocycles. The monoisotopic (exact) mass is 442 g/mol. The van der Waals surface area contributed by atoms with Crippen molar-refractivity contribution in [2.75, 3.05) is 6.54 Å². The van der Waals surface area contributed by atoms with Crippen molar-refractivity contribution in [3.8, 4) is 16.9 Å². The molecule has 1 aromatic heterocycles. The molecule has 1 fully saturated rings. The van der Waals surface area contributed by atoms with E-state index in [-0.39, 0.29) is 31.3 Å². The third kappa shape index (κ3) is 4.10. The number of fused-ring (bicyclic) bond motifs is 3. The first-order valence-corrected chi connectivity index (χ1v) is 10.8. The zero-order valence-electron chi connectivity index (χ0n) is 18.8. The molecule has 172 valence electrons. The number of rotatable bonds is 4. The number of hydrogen-bond donors (Lipinski definition) is 3. The van der Waals surface area contributed by atoms with Crippen molar-refractivity contribution in [1.82, 2.24) is 15.4 Å². The first kappa shape index (κ1) is 22.3. The van der Waals surface area contributed by atoms with Gasteiger partial charge in [0.15, 0.2) is 5.76 Å². The van der Waals surface area contributed by atoms with Crippen molar-refractivity contribution in [1.29, 1.82) is 0 Å². The lowest BCUT2D eigenvalue weighted by Crippen LogP contribution is -2.54. The van der Waals surface area contributed by atoms with Crippen molar-refractivity contribution in [2.24, 2.45) is 11.1 Å². The standard InChI is InChI=1S/C23H30N4O5/c1-12-19-15-6-5-13(7-17(15)31-11-18(19)32-26-12)9-25-21(29)16-8-14(28)10-27(16)22(30)20(24)23(2,3)4/h5-7,14,16,20,28H,8-11,24H2,1-4H3,(H,25,29)/t14-,16+,20-/m1/s1. The molecule has 9 nitrogen and oxygen atoms in total. The molecule has 0 bridgehead atoms. The number of ether oxygens (including phenoxy) is 1. The first-order valence-electron chi connectivity index (χ1n) is 10.8. The molecule has 1 saturated heterocycles. The molecule has 2 aliphatic heterocycles. The van der Waals surface area contributed by atoms with Gasteiger partial charge in [-0.3, -0.25) is 9.59 Å². The molecule has 4 rings (SSSR count). The number of nitrogens with zero attached hydrogens (tertiary/aromatic N) is 2. The second-order valence-electron chi connectivity index (χ2n) is 9.64. The van der Waals surface area contributed by atoms with Gasteiger partial charge in [-0.2, -0.15) is 0 Å². The van der Waals surface area contributed by atoms with Crippen LogP contribution in [0.4, 0.5) is 0 Å².